The lowest BCUT2D eigenvalue weighted by atomic mass is 10.1. The third-order valence-electron chi connectivity index (χ3n) is 3.17. The highest BCUT2D eigenvalue weighted by molar-refractivity contribution is 5.48. The van der Waals surface area contributed by atoms with Crippen LogP contribution >= 0.6 is 0 Å². The molecule has 0 fully saturated rings. The highest BCUT2D eigenvalue weighted by atomic mass is 15.2. The molecule has 0 aliphatic carbocycles. The van der Waals surface area contributed by atoms with Gasteiger partial charge in [0.25, 0.3) is 0 Å². The summed E-state index contributed by atoms with van der Waals surface area (Å²) in [6, 6.07) is 15.8. The van der Waals surface area contributed by atoms with Crippen molar-refractivity contribution in [2.75, 3.05) is 11.4 Å². The van der Waals surface area contributed by atoms with E-state index >= 15 is 0 Å². The first-order valence-electron chi connectivity index (χ1n) is 6.08. The van der Waals surface area contributed by atoms with E-state index in [4.69, 9.17) is 0 Å². The Morgan fingerprint density at radius 3 is 3.00 bits per heavy atom. The molecule has 0 saturated heterocycles. The van der Waals surface area contributed by atoms with E-state index in [9.17, 15) is 0 Å². The highest BCUT2D eigenvalue weighted by Crippen LogP contribution is 2.25. The number of benzene rings is 1. The fourth-order valence-electron chi connectivity index (χ4n) is 2.36. The molecule has 1 aliphatic heterocycles. The molecule has 0 N–H and O–H groups in total. The van der Waals surface area contributed by atoms with E-state index in [-0.39, 0.29) is 0 Å². The molecule has 0 bridgehead atoms. The Balaban J connectivity index is 1.86. The number of anilines is 1. The summed E-state index contributed by atoms with van der Waals surface area (Å²) < 4.78 is 0. The monoisotopic (exact) mass is 223 g/mol. The van der Waals surface area contributed by atoms with E-state index in [2.05, 4.69) is 46.3 Å². The third-order valence-corrected chi connectivity index (χ3v) is 3.17. The Morgan fingerprint density at radius 2 is 2.12 bits per heavy atom. The lowest BCUT2D eigenvalue weighted by Gasteiger charge is -2.29. The molecule has 0 unspecified atom stereocenters. The van der Waals surface area contributed by atoms with Gasteiger partial charge in [-0.2, -0.15) is 0 Å². The number of hydrogen-bond donors (Lipinski definition) is 0. The maximum Gasteiger partial charge on any atom is 0.132 e. The number of rotatable bonds is 2. The minimum absolute atomic E-state index is 0.943. The summed E-state index contributed by atoms with van der Waals surface area (Å²) in [6.45, 7) is 2.03. The first-order valence-corrected chi connectivity index (χ1v) is 6.08. The van der Waals surface area contributed by atoms with E-state index < -0.39 is 0 Å². The largest absolute Gasteiger partial charge is 0.352 e. The van der Waals surface area contributed by atoms with Crippen LogP contribution in [0.1, 0.15) is 17.5 Å². The molecule has 2 heterocycles. The quantitative estimate of drug-likeness (QED) is 0.778. The summed E-state index contributed by atoms with van der Waals surface area (Å²) in [6.07, 6.45) is 4.14. The lowest BCUT2D eigenvalue weighted by molar-refractivity contribution is 0.677. The van der Waals surface area contributed by atoms with Gasteiger partial charge in [-0.15, -0.1) is 0 Å². The van der Waals surface area contributed by atoms with E-state index in [0.29, 0.717) is 0 Å². The predicted molar refractivity (Wildman–Crippen MR) is 68.9 cm³/mol. The van der Waals surface area contributed by atoms with Crippen molar-refractivity contribution in [3.05, 3.63) is 59.8 Å². The van der Waals surface area contributed by atoms with Gasteiger partial charge in [0.15, 0.2) is 0 Å². The fourth-order valence-corrected chi connectivity index (χ4v) is 2.36. The molecule has 0 saturated carbocycles. The van der Waals surface area contributed by atoms with E-state index in [1.807, 2.05) is 12.3 Å². The lowest BCUT2D eigenvalue weighted by Crippen LogP contribution is -2.29. The van der Waals surface area contributed by atoms with Crippen molar-refractivity contribution >= 4 is 5.82 Å². The minimum atomic E-state index is 0.943. The summed E-state index contributed by atoms with van der Waals surface area (Å²) in [5.41, 5.74) is 2.60. The Hall–Kier alpha value is -1.83. The summed E-state index contributed by atoms with van der Waals surface area (Å²) in [4.78, 5) is 6.84. The van der Waals surface area contributed by atoms with Crippen LogP contribution in [0.5, 0.6) is 0 Å². The summed E-state index contributed by atoms with van der Waals surface area (Å²) in [5.74, 6) is 1.11. The third kappa shape index (κ3) is 2.16. The van der Waals surface area contributed by atoms with Crippen molar-refractivity contribution < 1.29 is 0 Å². The number of fused-ring (bicyclic) bond motifs is 1. The molecule has 0 amide bonds. The Kier molecular flexibility index (Phi) is 2.78. The van der Waals surface area contributed by atoms with Crippen LogP contribution in [-0.2, 0) is 13.0 Å². The first-order chi connectivity index (χ1) is 8.43. The molecule has 0 atom stereocenters. The normalized spacial score (nSPS) is 14.5. The second-order valence-corrected chi connectivity index (χ2v) is 4.40. The maximum atomic E-state index is 4.49. The predicted octanol–water partition coefficient (Wildman–Crippen LogP) is 2.83. The van der Waals surface area contributed by atoms with Gasteiger partial charge in [-0.1, -0.05) is 30.3 Å². The first kappa shape index (κ1) is 10.3. The van der Waals surface area contributed by atoms with Crippen molar-refractivity contribution in [3.8, 4) is 0 Å². The van der Waals surface area contributed by atoms with Gasteiger partial charge in [0.05, 0.1) is 0 Å². The Morgan fingerprint density at radius 1 is 1.24 bits per heavy atom. The molecule has 1 aromatic heterocycles. The SMILES string of the molecule is [c]1ccnc2c1CCCN2Cc1ccccc1. The number of hydrogen-bond acceptors (Lipinski definition) is 2. The van der Waals surface area contributed by atoms with Gasteiger partial charge in [0, 0.05) is 24.8 Å². The fraction of sp³-hybridized carbons (Fsp3) is 0.267. The molecule has 2 nitrogen and oxygen atoms in total. The number of nitrogens with zero attached hydrogens (tertiary/aromatic N) is 2. The molecule has 2 heteroatoms. The van der Waals surface area contributed by atoms with Crippen molar-refractivity contribution in [3.63, 3.8) is 0 Å². The van der Waals surface area contributed by atoms with E-state index in [0.717, 1.165) is 25.3 Å². The van der Waals surface area contributed by atoms with Crippen LogP contribution in [0.4, 0.5) is 5.82 Å². The van der Waals surface area contributed by atoms with Crippen molar-refractivity contribution in [2.24, 2.45) is 0 Å². The molecule has 3 rings (SSSR count). The summed E-state index contributed by atoms with van der Waals surface area (Å²) in [5, 5.41) is 0. The molecular weight excluding hydrogens is 208 g/mol. The summed E-state index contributed by atoms with van der Waals surface area (Å²) in [7, 11) is 0. The van der Waals surface area contributed by atoms with Crippen molar-refractivity contribution in [2.45, 2.75) is 19.4 Å². The molecule has 85 valence electrons. The topological polar surface area (TPSA) is 16.1 Å². The van der Waals surface area contributed by atoms with Crippen LogP contribution in [0.25, 0.3) is 0 Å². The van der Waals surface area contributed by atoms with E-state index in [1.54, 1.807) is 0 Å². The second kappa shape index (κ2) is 4.58. The van der Waals surface area contributed by atoms with Crippen LogP contribution in [0.15, 0.2) is 42.6 Å². The van der Waals surface area contributed by atoms with Gasteiger partial charge in [-0.05, 0) is 30.5 Å². The van der Waals surface area contributed by atoms with Gasteiger partial charge >= 0.3 is 0 Å². The molecule has 0 spiro atoms. The van der Waals surface area contributed by atoms with Gasteiger partial charge in [0.1, 0.15) is 5.82 Å². The molecule has 1 aromatic carbocycles. The average Bonchev–Trinajstić information content (AvgIpc) is 2.40. The zero-order valence-electron chi connectivity index (χ0n) is 9.76. The van der Waals surface area contributed by atoms with Crippen LogP contribution in [-0.4, -0.2) is 11.5 Å². The molecule has 2 aromatic rings. The standard InChI is InChI=1S/C15H15N2/c1-2-6-13(7-3-1)12-17-11-5-9-14-8-4-10-16-15(14)17/h1-4,6-7,10H,5,9,11-12H2. The van der Waals surface area contributed by atoms with Gasteiger partial charge in [-0.3, -0.25) is 0 Å². The summed E-state index contributed by atoms with van der Waals surface area (Å²) >= 11 is 0. The van der Waals surface area contributed by atoms with Crippen molar-refractivity contribution in [1.29, 1.82) is 0 Å². The minimum Gasteiger partial charge on any atom is -0.352 e. The van der Waals surface area contributed by atoms with E-state index in [1.165, 1.54) is 17.5 Å². The second-order valence-electron chi connectivity index (χ2n) is 4.40. The van der Waals surface area contributed by atoms with Gasteiger partial charge in [-0.25, -0.2) is 4.98 Å². The Labute approximate surface area is 102 Å². The van der Waals surface area contributed by atoms with Crippen molar-refractivity contribution in [1.82, 2.24) is 4.98 Å². The van der Waals surface area contributed by atoms with Crippen LogP contribution < -0.4 is 4.90 Å². The Bertz CT molecular complexity index is 493. The molecule has 1 aliphatic rings. The van der Waals surface area contributed by atoms with Crippen LogP contribution in [0.3, 0.4) is 0 Å². The zero-order valence-corrected chi connectivity index (χ0v) is 9.76. The molecule has 1 radical (unpaired) electrons. The average molecular weight is 223 g/mol. The highest BCUT2D eigenvalue weighted by Gasteiger charge is 2.17. The maximum absolute atomic E-state index is 4.49. The van der Waals surface area contributed by atoms with Crippen LogP contribution in [0, 0.1) is 6.07 Å². The van der Waals surface area contributed by atoms with Gasteiger partial charge in [0.2, 0.25) is 0 Å². The number of pyridine rings is 1. The molecule has 17 heavy (non-hydrogen) atoms. The molecular formula is C15H15N2. The number of aromatic nitrogens is 1. The smallest absolute Gasteiger partial charge is 0.132 e. The zero-order chi connectivity index (χ0) is 11.5. The number of aryl methyl sites for hydroxylation is 1. The van der Waals surface area contributed by atoms with Gasteiger partial charge < -0.3 is 4.90 Å². The van der Waals surface area contributed by atoms with Crippen LogP contribution in [0.2, 0.25) is 0 Å².